The first-order valence-corrected chi connectivity index (χ1v) is 11.8. The van der Waals surface area contributed by atoms with E-state index >= 15 is 0 Å². The van der Waals surface area contributed by atoms with E-state index < -0.39 is 60.6 Å². The smallest absolute Gasteiger partial charge is 0.342 e. The molecule has 208 valence electrons. The molecule has 1 saturated heterocycles. The lowest BCUT2D eigenvalue weighted by Crippen LogP contribution is -2.64. The number of carbonyl (C=O) groups excluding carboxylic acids is 5. The molecule has 2 aromatic rings. The molecule has 0 spiro atoms. The average molecular weight is 545 g/mol. The zero-order valence-electron chi connectivity index (χ0n) is 21.7. The number of methoxy groups -OCH3 is 1. The summed E-state index contributed by atoms with van der Waals surface area (Å²) in [5.41, 5.74) is 0.760. The summed E-state index contributed by atoms with van der Waals surface area (Å²) >= 11 is 0. The van der Waals surface area contributed by atoms with E-state index in [1.807, 2.05) is 6.07 Å². The molecule has 5 unspecified atom stereocenters. The van der Waals surface area contributed by atoms with Crippen molar-refractivity contribution in [2.45, 2.75) is 58.1 Å². The maximum absolute atomic E-state index is 12.9. The molecular formula is C27H28O12. The summed E-state index contributed by atoms with van der Waals surface area (Å²) in [4.78, 5) is 61.3. The second-order valence-electron chi connectivity index (χ2n) is 8.35. The minimum absolute atomic E-state index is 0.000583. The quantitative estimate of drug-likeness (QED) is 0.336. The number of benzene rings is 2. The van der Waals surface area contributed by atoms with Gasteiger partial charge in [0.2, 0.25) is 12.4 Å². The summed E-state index contributed by atoms with van der Waals surface area (Å²) in [7, 11) is 1.07. The van der Waals surface area contributed by atoms with Crippen LogP contribution in [0.4, 0.5) is 0 Å². The van der Waals surface area contributed by atoms with Gasteiger partial charge in [0.25, 0.3) is 0 Å². The van der Waals surface area contributed by atoms with Crippen molar-refractivity contribution >= 4 is 29.8 Å². The van der Waals surface area contributed by atoms with E-state index in [9.17, 15) is 24.0 Å². The predicted molar refractivity (Wildman–Crippen MR) is 130 cm³/mol. The molecule has 5 atom stereocenters. The largest absolute Gasteiger partial charge is 0.467 e. The molecule has 1 aliphatic rings. The number of ether oxygens (including phenoxy) is 7. The molecule has 2 aromatic carbocycles. The monoisotopic (exact) mass is 544 g/mol. The maximum Gasteiger partial charge on any atom is 0.342 e. The topological polar surface area (TPSA) is 150 Å². The van der Waals surface area contributed by atoms with Crippen molar-refractivity contribution in [1.82, 2.24) is 0 Å². The fraction of sp³-hybridized carbons (Fsp3) is 0.370. The Bertz CT molecular complexity index is 1190. The van der Waals surface area contributed by atoms with Crippen LogP contribution in [0.3, 0.4) is 0 Å². The van der Waals surface area contributed by atoms with Gasteiger partial charge >= 0.3 is 29.8 Å². The molecule has 39 heavy (non-hydrogen) atoms. The Labute approximate surface area is 224 Å². The van der Waals surface area contributed by atoms with E-state index in [4.69, 9.17) is 33.2 Å². The lowest BCUT2D eigenvalue weighted by Gasteiger charge is -2.43. The molecule has 12 nitrogen and oxygen atoms in total. The van der Waals surface area contributed by atoms with E-state index in [1.54, 1.807) is 36.4 Å². The van der Waals surface area contributed by atoms with E-state index in [0.717, 1.165) is 33.4 Å². The van der Waals surface area contributed by atoms with Crippen LogP contribution < -0.4 is 4.74 Å². The summed E-state index contributed by atoms with van der Waals surface area (Å²) in [5, 5.41) is 0. The third kappa shape index (κ3) is 7.77. The van der Waals surface area contributed by atoms with Crippen LogP contribution in [-0.2, 0) is 54.2 Å². The number of rotatable bonds is 9. The van der Waals surface area contributed by atoms with Crippen LogP contribution in [0, 0.1) is 0 Å². The van der Waals surface area contributed by atoms with Crippen LogP contribution in [0.25, 0.3) is 0 Å². The number of hydrogen-bond donors (Lipinski definition) is 0. The Kier molecular flexibility index (Phi) is 9.98. The van der Waals surface area contributed by atoms with Gasteiger partial charge in [0.05, 0.1) is 7.11 Å². The zero-order valence-corrected chi connectivity index (χ0v) is 21.7. The van der Waals surface area contributed by atoms with Gasteiger partial charge in [-0.05, 0) is 17.7 Å². The first-order valence-electron chi connectivity index (χ1n) is 11.8. The summed E-state index contributed by atoms with van der Waals surface area (Å²) in [5.74, 6) is -4.24. The Morgan fingerprint density at radius 3 is 1.92 bits per heavy atom. The van der Waals surface area contributed by atoms with Crippen molar-refractivity contribution in [2.75, 3.05) is 7.11 Å². The van der Waals surface area contributed by atoms with Gasteiger partial charge in [0.15, 0.2) is 18.3 Å². The van der Waals surface area contributed by atoms with Gasteiger partial charge in [0.1, 0.15) is 17.9 Å². The molecule has 0 aliphatic carbocycles. The van der Waals surface area contributed by atoms with Gasteiger partial charge in [-0.3, -0.25) is 14.4 Å². The SMILES string of the molecule is COC(=O)C1OC(Oc2ccccc2C(=O)OCc2ccccc2)C(OC(C)=O)C(OC(C)=O)C1OC(C)=O. The van der Waals surface area contributed by atoms with Crippen molar-refractivity contribution in [3.63, 3.8) is 0 Å². The van der Waals surface area contributed by atoms with Crippen LogP contribution in [0.15, 0.2) is 54.6 Å². The maximum atomic E-state index is 12.9. The molecule has 0 bridgehead atoms. The van der Waals surface area contributed by atoms with Crippen LogP contribution in [0.1, 0.15) is 36.7 Å². The number of para-hydroxylation sites is 1. The standard InChI is InChI=1S/C27H28O12/c1-15(28)35-21-22(36-16(2)29)24(37-17(3)30)27(39-23(21)26(32)33-4)38-20-13-9-8-12-19(20)25(31)34-14-18-10-6-5-7-11-18/h5-13,21-24,27H,14H2,1-4H3. The molecule has 0 N–H and O–H groups in total. The second kappa shape index (κ2) is 13.4. The molecule has 0 saturated carbocycles. The second-order valence-corrected chi connectivity index (χ2v) is 8.35. The van der Waals surface area contributed by atoms with E-state index in [2.05, 4.69) is 0 Å². The van der Waals surface area contributed by atoms with Crippen LogP contribution in [-0.4, -0.2) is 67.7 Å². The summed E-state index contributed by atoms with van der Waals surface area (Å²) < 4.78 is 37.7. The molecular weight excluding hydrogens is 516 g/mol. The Morgan fingerprint density at radius 1 is 0.744 bits per heavy atom. The Balaban J connectivity index is 1.96. The fourth-order valence-electron chi connectivity index (χ4n) is 3.84. The lowest BCUT2D eigenvalue weighted by molar-refractivity contribution is -0.282. The Morgan fingerprint density at radius 2 is 1.31 bits per heavy atom. The van der Waals surface area contributed by atoms with Crippen LogP contribution in [0.5, 0.6) is 5.75 Å². The minimum atomic E-state index is -1.64. The van der Waals surface area contributed by atoms with Crippen molar-refractivity contribution in [2.24, 2.45) is 0 Å². The summed E-state index contributed by atoms with van der Waals surface area (Å²) in [6.45, 7) is 3.23. The highest BCUT2D eigenvalue weighted by Crippen LogP contribution is 2.32. The fourth-order valence-corrected chi connectivity index (χ4v) is 3.84. The third-order valence-electron chi connectivity index (χ3n) is 5.40. The molecule has 12 heteroatoms. The van der Waals surface area contributed by atoms with Gasteiger partial charge in [0, 0.05) is 20.8 Å². The first kappa shape index (κ1) is 29.1. The van der Waals surface area contributed by atoms with Crippen LogP contribution in [0.2, 0.25) is 0 Å². The lowest BCUT2D eigenvalue weighted by atomic mass is 9.97. The summed E-state index contributed by atoms with van der Waals surface area (Å²) in [6.07, 6.45) is -7.86. The molecule has 1 fully saturated rings. The van der Waals surface area contributed by atoms with Gasteiger partial charge in [-0.25, -0.2) is 9.59 Å². The van der Waals surface area contributed by atoms with Gasteiger partial charge in [-0.15, -0.1) is 0 Å². The van der Waals surface area contributed by atoms with E-state index in [-0.39, 0.29) is 17.9 Å². The number of esters is 5. The van der Waals surface area contributed by atoms with Crippen LogP contribution >= 0.6 is 0 Å². The normalized spacial score (nSPS) is 22.1. The Hall–Kier alpha value is -4.45. The molecule has 1 heterocycles. The van der Waals surface area contributed by atoms with Crippen molar-refractivity contribution in [3.8, 4) is 5.75 Å². The molecule has 3 rings (SSSR count). The minimum Gasteiger partial charge on any atom is -0.467 e. The van der Waals surface area contributed by atoms with E-state index in [0.29, 0.717) is 0 Å². The number of carbonyl (C=O) groups is 5. The highest BCUT2D eigenvalue weighted by Gasteiger charge is 2.56. The molecule has 0 amide bonds. The average Bonchev–Trinajstić information content (AvgIpc) is 2.90. The first-order chi connectivity index (χ1) is 18.6. The highest BCUT2D eigenvalue weighted by molar-refractivity contribution is 5.92. The third-order valence-corrected chi connectivity index (χ3v) is 5.40. The van der Waals surface area contributed by atoms with Crippen molar-refractivity contribution in [3.05, 3.63) is 65.7 Å². The highest BCUT2D eigenvalue weighted by atomic mass is 16.7. The molecule has 0 aromatic heterocycles. The van der Waals surface area contributed by atoms with E-state index in [1.165, 1.54) is 12.1 Å². The van der Waals surface area contributed by atoms with Gasteiger partial charge < -0.3 is 33.2 Å². The number of hydrogen-bond acceptors (Lipinski definition) is 12. The van der Waals surface area contributed by atoms with Crippen molar-refractivity contribution < 1.29 is 57.1 Å². The van der Waals surface area contributed by atoms with Crippen molar-refractivity contribution in [1.29, 1.82) is 0 Å². The van der Waals surface area contributed by atoms with Gasteiger partial charge in [-0.2, -0.15) is 0 Å². The molecule has 1 aliphatic heterocycles. The molecule has 0 radical (unpaired) electrons. The summed E-state index contributed by atoms with van der Waals surface area (Å²) in [6, 6.07) is 15.0. The predicted octanol–water partition coefficient (Wildman–Crippen LogP) is 2.12. The van der Waals surface area contributed by atoms with Gasteiger partial charge in [-0.1, -0.05) is 42.5 Å². The zero-order chi connectivity index (χ0) is 28.5.